The number of hydrogen-bond donors (Lipinski definition) is 1. The van der Waals surface area contributed by atoms with Gasteiger partial charge in [0.05, 0.1) is 24.8 Å². The van der Waals surface area contributed by atoms with Gasteiger partial charge in [-0.25, -0.2) is 14.1 Å². The van der Waals surface area contributed by atoms with E-state index in [2.05, 4.69) is 15.4 Å². The smallest absolute Gasteiger partial charge is 0.246 e. The molecule has 2 aromatic heterocycles. The predicted octanol–water partition coefficient (Wildman–Crippen LogP) is 5.86. The van der Waals surface area contributed by atoms with Gasteiger partial charge in [-0.1, -0.05) is 32.9 Å². The van der Waals surface area contributed by atoms with Gasteiger partial charge < -0.3 is 14.6 Å². The number of nitrogens with one attached hydrogen (secondary N) is 1. The van der Waals surface area contributed by atoms with E-state index in [1.807, 2.05) is 68.3 Å². The van der Waals surface area contributed by atoms with Crippen LogP contribution in [0.2, 0.25) is 0 Å². The van der Waals surface area contributed by atoms with Crippen molar-refractivity contribution in [2.24, 2.45) is 0 Å². The maximum atomic E-state index is 13.3. The number of anilines is 2. The Bertz CT molecular complexity index is 1180. The maximum absolute atomic E-state index is 13.3. The van der Waals surface area contributed by atoms with Gasteiger partial charge in [0.2, 0.25) is 5.95 Å². The van der Waals surface area contributed by atoms with Crippen LogP contribution in [0.3, 0.4) is 0 Å². The molecule has 1 N–H and O–H groups in total. The maximum Gasteiger partial charge on any atom is 0.246 e. The Hall–Kier alpha value is -3.68. The number of imidazole rings is 1. The average Bonchev–Trinajstić information content (AvgIpc) is 3.46. The van der Waals surface area contributed by atoms with Gasteiger partial charge in [-0.05, 0) is 43.7 Å². The summed E-state index contributed by atoms with van der Waals surface area (Å²) in [4.78, 5) is 8.98. The number of benzene rings is 2. The summed E-state index contributed by atoms with van der Waals surface area (Å²) < 4.78 is 22.6. The second kappa shape index (κ2) is 10.8. The largest absolute Gasteiger partial charge is 0.494 e. The first-order chi connectivity index (χ1) is 16.0. The highest BCUT2D eigenvalue weighted by molar-refractivity contribution is 5.62. The SMILES string of the molecule is CC.CCn1nc(Nc2ccc(-n3cnc(C)c3)c(OC)c2)nc1[C@@H](C)c1ccc(F)cc1. The van der Waals surface area contributed by atoms with Gasteiger partial charge in [-0.3, -0.25) is 0 Å². The fourth-order valence-corrected chi connectivity index (χ4v) is 3.51. The molecule has 0 aliphatic carbocycles. The Kier molecular flexibility index (Phi) is 7.82. The van der Waals surface area contributed by atoms with Crippen molar-refractivity contribution in [3.8, 4) is 11.4 Å². The molecule has 8 heteroatoms. The lowest BCUT2D eigenvalue weighted by molar-refractivity contribution is 0.413. The zero-order chi connectivity index (χ0) is 24.0. The fourth-order valence-electron chi connectivity index (χ4n) is 3.51. The van der Waals surface area contributed by atoms with Crippen LogP contribution in [0, 0.1) is 12.7 Å². The molecule has 2 heterocycles. The highest BCUT2D eigenvalue weighted by Gasteiger charge is 2.18. The summed E-state index contributed by atoms with van der Waals surface area (Å²) in [5.74, 6) is 1.74. The Morgan fingerprint density at radius 2 is 1.85 bits per heavy atom. The Morgan fingerprint density at radius 1 is 1.12 bits per heavy atom. The quantitative estimate of drug-likeness (QED) is 0.382. The summed E-state index contributed by atoms with van der Waals surface area (Å²) in [5.41, 5.74) is 3.62. The van der Waals surface area contributed by atoms with Crippen LogP contribution in [-0.4, -0.2) is 31.4 Å². The highest BCUT2D eigenvalue weighted by atomic mass is 19.1. The standard InChI is InChI=1S/C23H25FN6O.C2H6/c1-5-30-22(16(3)17-6-8-18(24)9-7-17)27-23(28-30)26-19-10-11-20(21(12-19)31-4)29-13-15(2)25-14-29;1-2/h6-14,16H,5H2,1-4H3,(H,26,28);1-2H3/t16-;/m0./s1. The normalized spacial score (nSPS) is 11.5. The first kappa shape index (κ1) is 24.0. The van der Waals surface area contributed by atoms with E-state index in [1.165, 1.54) is 12.1 Å². The third-order valence-electron chi connectivity index (χ3n) is 5.18. The molecule has 0 aliphatic rings. The molecule has 174 valence electrons. The predicted molar refractivity (Wildman–Crippen MR) is 129 cm³/mol. The monoisotopic (exact) mass is 450 g/mol. The number of aromatic nitrogens is 5. The summed E-state index contributed by atoms with van der Waals surface area (Å²) in [6, 6.07) is 12.3. The van der Waals surface area contributed by atoms with E-state index in [0.717, 1.165) is 28.5 Å². The van der Waals surface area contributed by atoms with E-state index in [9.17, 15) is 4.39 Å². The molecule has 33 heavy (non-hydrogen) atoms. The molecule has 0 bridgehead atoms. The van der Waals surface area contributed by atoms with Crippen molar-refractivity contribution in [3.63, 3.8) is 0 Å². The van der Waals surface area contributed by atoms with Crippen LogP contribution in [0.1, 0.15) is 50.7 Å². The molecular formula is C25H31FN6O. The number of hydrogen-bond acceptors (Lipinski definition) is 5. The molecule has 0 saturated heterocycles. The molecule has 0 amide bonds. The number of rotatable bonds is 7. The lowest BCUT2D eigenvalue weighted by atomic mass is 10.0. The van der Waals surface area contributed by atoms with Gasteiger partial charge in [0, 0.05) is 30.4 Å². The van der Waals surface area contributed by atoms with Crippen molar-refractivity contribution in [3.05, 3.63) is 77.9 Å². The van der Waals surface area contributed by atoms with Crippen molar-refractivity contribution < 1.29 is 9.13 Å². The zero-order valence-corrected chi connectivity index (χ0v) is 20.0. The van der Waals surface area contributed by atoms with E-state index in [0.29, 0.717) is 18.2 Å². The number of halogens is 1. The molecule has 0 fully saturated rings. The molecule has 2 aromatic carbocycles. The van der Waals surface area contributed by atoms with Crippen LogP contribution >= 0.6 is 0 Å². The number of ether oxygens (including phenoxy) is 1. The van der Waals surface area contributed by atoms with Gasteiger partial charge in [0.15, 0.2) is 0 Å². The van der Waals surface area contributed by atoms with Crippen molar-refractivity contribution in [1.29, 1.82) is 0 Å². The van der Waals surface area contributed by atoms with Crippen LogP contribution in [-0.2, 0) is 6.54 Å². The molecule has 1 atom stereocenters. The summed E-state index contributed by atoms with van der Waals surface area (Å²) in [5, 5.41) is 7.86. The summed E-state index contributed by atoms with van der Waals surface area (Å²) in [7, 11) is 1.64. The van der Waals surface area contributed by atoms with Crippen molar-refractivity contribution in [2.75, 3.05) is 12.4 Å². The molecular weight excluding hydrogens is 419 g/mol. The first-order valence-corrected chi connectivity index (χ1v) is 11.1. The lowest BCUT2D eigenvalue weighted by Gasteiger charge is -2.11. The van der Waals surface area contributed by atoms with Gasteiger partial charge in [0.1, 0.15) is 17.4 Å². The van der Waals surface area contributed by atoms with E-state index in [4.69, 9.17) is 9.72 Å². The molecule has 7 nitrogen and oxygen atoms in total. The topological polar surface area (TPSA) is 69.8 Å². The summed E-state index contributed by atoms with van der Waals surface area (Å²) >= 11 is 0. The Balaban J connectivity index is 0.00000149. The lowest BCUT2D eigenvalue weighted by Crippen LogP contribution is -2.08. The van der Waals surface area contributed by atoms with Crippen molar-refractivity contribution >= 4 is 11.6 Å². The number of nitrogens with zero attached hydrogens (tertiary/aromatic N) is 5. The number of aryl methyl sites for hydroxylation is 2. The number of methoxy groups -OCH3 is 1. The first-order valence-electron chi connectivity index (χ1n) is 11.1. The molecule has 0 radical (unpaired) electrons. The van der Waals surface area contributed by atoms with Gasteiger partial charge in [0.25, 0.3) is 0 Å². The van der Waals surface area contributed by atoms with E-state index < -0.39 is 0 Å². The average molecular weight is 451 g/mol. The summed E-state index contributed by atoms with van der Waals surface area (Å²) in [6.07, 6.45) is 3.70. The molecule has 0 spiro atoms. The van der Waals surface area contributed by atoms with Crippen molar-refractivity contribution in [1.82, 2.24) is 24.3 Å². The molecule has 0 unspecified atom stereocenters. The highest BCUT2D eigenvalue weighted by Crippen LogP contribution is 2.29. The van der Waals surface area contributed by atoms with Gasteiger partial charge >= 0.3 is 0 Å². The Labute approximate surface area is 194 Å². The fraction of sp³-hybridized carbons (Fsp3) is 0.320. The van der Waals surface area contributed by atoms with Crippen LogP contribution < -0.4 is 10.1 Å². The summed E-state index contributed by atoms with van der Waals surface area (Å²) in [6.45, 7) is 10.7. The molecule has 4 rings (SSSR count). The van der Waals surface area contributed by atoms with Crippen LogP contribution in [0.5, 0.6) is 5.75 Å². The Morgan fingerprint density at radius 3 is 2.45 bits per heavy atom. The zero-order valence-electron chi connectivity index (χ0n) is 20.0. The van der Waals surface area contributed by atoms with Crippen LogP contribution in [0.25, 0.3) is 5.69 Å². The van der Waals surface area contributed by atoms with Crippen LogP contribution in [0.15, 0.2) is 55.0 Å². The second-order valence-corrected chi connectivity index (χ2v) is 7.32. The minimum Gasteiger partial charge on any atom is -0.494 e. The minimum atomic E-state index is -0.251. The third kappa shape index (κ3) is 5.39. The van der Waals surface area contributed by atoms with Crippen molar-refractivity contribution in [2.45, 2.75) is 47.1 Å². The molecule has 4 aromatic rings. The van der Waals surface area contributed by atoms with E-state index in [-0.39, 0.29) is 11.7 Å². The minimum absolute atomic E-state index is 0.0232. The van der Waals surface area contributed by atoms with E-state index >= 15 is 0 Å². The second-order valence-electron chi connectivity index (χ2n) is 7.32. The molecule has 0 saturated carbocycles. The van der Waals surface area contributed by atoms with Gasteiger partial charge in [-0.15, -0.1) is 5.10 Å². The van der Waals surface area contributed by atoms with Gasteiger partial charge in [-0.2, -0.15) is 4.98 Å². The molecule has 0 aliphatic heterocycles. The third-order valence-corrected chi connectivity index (χ3v) is 5.18. The van der Waals surface area contributed by atoms with E-state index in [1.54, 1.807) is 25.6 Å². The van der Waals surface area contributed by atoms with Crippen LogP contribution in [0.4, 0.5) is 16.0 Å².